The Morgan fingerprint density at radius 1 is 1.55 bits per heavy atom. The van der Waals surface area contributed by atoms with Gasteiger partial charge in [-0.3, -0.25) is 19.1 Å². The Morgan fingerprint density at radius 3 is 2.91 bits per heavy atom. The van der Waals surface area contributed by atoms with Gasteiger partial charge in [-0.1, -0.05) is 6.92 Å². The van der Waals surface area contributed by atoms with Crippen molar-refractivity contribution in [1.82, 2.24) is 14.9 Å². The van der Waals surface area contributed by atoms with E-state index < -0.39 is 23.6 Å². The predicted molar refractivity (Wildman–Crippen MR) is 78.5 cm³/mol. The molecule has 8 nitrogen and oxygen atoms in total. The first-order chi connectivity index (χ1) is 10.5. The number of nitrogens with one attached hydrogen (secondary N) is 2. The number of amides is 1. The number of hydrogen-bond acceptors (Lipinski definition) is 5. The Bertz CT molecular complexity index is 651. The maximum Gasteiger partial charge on any atom is 0.330 e. The van der Waals surface area contributed by atoms with E-state index >= 15 is 0 Å². The Kier molecular flexibility index (Phi) is 5.15. The molecule has 0 aromatic carbocycles. The van der Waals surface area contributed by atoms with Crippen LogP contribution in [0.3, 0.4) is 0 Å². The fourth-order valence-corrected chi connectivity index (χ4v) is 2.53. The number of aliphatic hydroxyl groups excluding tert-OH is 1. The van der Waals surface area contributed by atoms with Crippen LogP contribution in [-0.2, 0) is 9.53 Å². The lowest BCUT2D eigenvalue weighted by Crippen LogP contribution is -2.41. The zero-order chi connectivity index (χ0) is 16.3. The van der Waals surface area contributed by atoms with Crippen molar-refractivity contribution in [3.05, 3.63) is 32.6 Å². The molecule has 1 fully saturated rings. The Balaban J connectivity index is 2.18. The zero-order valence-electron chi connectivity index (χ0n) is 12.7. The van der Waals surface area contributed by atoms with Crippen LogP contribution in [0.5, 0.6) is 0 Å². The van der Waals surface area contributed by atoms with Crippen LogP contribution in [0.4, 0.5) is 0 Å². The van der Waals surface area contributed by atoms with Gasteiger partial charge in [0.2, 0.25) is 5.91 Å². The maximum absolute atomic E-state index is 11.9. The smallest absolute Gasteiger partial charge is 0.330 e. The molecule has 2 heterocycles. The van der Waals surface area contributed by atoms with Crippen LogP contribution in [0.1, 0.15) is 38.0 Å². The number of nitrogens with zero attached hydrogens (tertiary/aromatic N) is 1. The van der Waals surface area contributed by atoms with Gasteiger partial charge in [-0.05, 0) is 13.3 Å². The topological polar surface area (TPSA) is 113 Å². The molecule has 0 saturated carbocycles. The van der Waals surface area contributed by atoms with Crippen molar-refractivity contribution in [2.75, 3.05) is 6.61 Å². The molecule has 1 amide bonds. The minimum absolute atomic E-state index is 0.111. The molecule has 22 heavy (non-hydrogen) atoms. The standard InChI is InChI=1S/C14H21N3O5/c1-3-4-11(19)15-9-5-12(22-10(9)7-18)17-6-8(2)13(20)16-14(17)21/h6,9-10,12,18H,3-5,7H2,1-2H3,(H,15,19)(H,16,20,21)/t9?,10-,12-/m1/s1. The second-order valence-corrected chi connectivity index (χ2v) is 5.45. The molecule has 0 radical (unpaired) electrons. The third-order valence-electron chi connectivity index (χ3n) is 3.70. The van der Waals surface area contributed by atoms with Crippen molar-refractivity contribution in [2.24, 2.45) is 0 Å². The van der Waals surface area contributed by atoms with E-state index in [0.717, 1.165) is 6.42 Å². The molecule has 8 heteroatoms. The summed E-state index contributed by atoms with van der Waals surface area (Å²) in [6.07, 6.45) is 1.70. The van der Waals surface area contributed by atoms with Gasteiger partial charge in [0, 0.05) is 24.6 Å². The number of aromatic nitrogens is 2. The fourth-order valence-electron chi connectivity index (χ4n) is 2.53. The van der Waals surface area contributed by atoms with Crippen molar-refractivity contribution < 1.29 is 14.6 Å². The summed E-state index contributed by atoms with van der Waals surface area (Å²) in [6.45, 7) is 3.23. The van der Waals surface area contributed by atoms with Crippen molar-refractivity contribution in [3.8, 4) is 0 Å². The van der Waals surface area contributed by atoms with Gasteiger partial charge in [-0.2, -0.15) is 0 Å². The first-order valence-corrected chi connectivity index (χ1v) is 7.34. The summed E-state index contributed by atoms with van der Waals surface area (Å²) in [5.41, 5.74) is -0.620. The molecule has 122 valence electrons. The second-order valence-electron chi connectivity index (χ2n) is 5.45. The lowest BCUT2D eigenvalue weighted by Gasteiger charge is -2.17. The van der Waals surface area contributed by atoms with Gasteiger partial charge in [0.05, 0.1) is 12.6 Å². The summed E-state index contributed by atoms with van der Waals surface area (Å²) in [7, 11) is 0. The molecular formula is C14H21N3O5. The summed E-state index contributed by atoms with van der Waals surface area (Å²) < 4.78 is 6.92. The van der Waals surface area contributed by atoms with Gasteiger partial charge < -0.3 is 15.2 Å². The average Bonchev–Trinajstić information content (AvgIpc) is 2.85. The van der Waals surface area contributed by atoms with E-state index in [-0.39, 0.29) is 18.6 Å². The number of carbonyl (C=O) groups is 1. The largest absolute Gasteiger partial charge is 0.394 e. The monoisotopic (exact) mass is 311 g/mol. The number of aryl methyl sites for hydroxylation is 1. The normalized spacial score (nSPS) is 24.4. The summed E-state index contributed by atoms with van der Waals surface area (Å²) in [5, 5.41) is 12.2. The van der Waals surface area contributed by atoms with Crippen molar-refractivity contribution in [3.63, 3.8) is 0 Å². The highest BCUT2D eigenvalue weighted by Gasteiger charge is 2.37. The van der Waals surface area contributed by atoms with E-state index in [4.69, 9.17) is 4.74 Å². The molecule has 1 saturated heterocycles. The molecule has 1 aliphatic heterocycles. The van der Waals surface area contributed by atoms with E-state index in [1.54, 1.807) is 6.92 Å². The van der Waals surface area contributed by atoms with Crippen LogP contribution in [0.25, 0.3) is 0 Å². The lowest BCUT2D eigenvalue weighted by atomic mass is 10.1. The average molecular weight is 311 g/mol. The van der Waals surface area contributed by atoms with E-state index in [2.05, 4.69) is 10.3 Å². The molecule has 1 aromatic rings. The van der Waals surface area contributed by atoms with Crippen molar-refractivity contribution in [2.45, 2.75) is 51.5 Å². The minimum Gasteiger partial charge on any atom is -0.394 e. The van der Waals surface area contributed by atoms with E-state index in [1.807, 2.05) is 6.92 Å². The Labute approximate surface area is 127 Å². The Morgan fingerprint density at radius 2 is 2.27 bits per heavy atom. The quantitative estimate of drug-likeness (QED) is 0.672. The number of aliphatic hydroxyl groups is 1. The van der Waals surface area contributed by atoms with Crippen molar-refractivity contribution in [1.29, 1.82) is 0 Å². The second kappa shape index (κ2) is 6.89. The number of rotatable bonds is 5. The number of carbonyl (C=O) groups excluding carboxylic acids is 1. The highest BCUT2D eigenvalue weighted by molar-refractivity contribution is 5.76. The lowest BCUT2D eigenvalue weighted by molar-refractivity contribution is -0.122. The van der Waals surface area contributed by atoms with E-state index in [0.29, 0.717) is 18.4 Å². The number of aromatic amines is 1. The number of H-pyrrole nitrogens is 1. The summed E-state index contributed by atoms with van der Waals surface area (Å²) >= 11 is 0. The van der Waals surface area contributed by atoms with Crippen LogP contribution in [0.2, 0.25) is 0 Å². The van der Waals surface area contributed by atoms with Crippen LogP contribution in [-0.4, -0.2) is 39.3 Å². The molecule has 3 N–H and O–H groups in total. The highest BCUT2D eigenvalue weighted by Crippen LogP contribution is 2.27. The molecule has 0 aliphatic carbocycles. The molecular weight excluding hydrogens is 290 g/mol. The fraction of sp³-hybridized carbons (Fsp3) is 0.643. The van der Waals surface area contributed by atoms with Gasteiger partial charge in [0.15, 0.2) is 0 Å². The third-order valence-corrected chi connectivity index (χ3v) is 3.70. The highest BCUT2D eigenvalue weighted by atomic mass is 16.5. The van der Waals surface area contributed by atoms with Crippen LogP contribution < -0.4 is 16.6 Å². The van der Waals surface area contributed by atoms with Crippen LogP contribution >= 0.6 is 0 Å². The predicted octanol–water partition coefficient (Wildman–Crippen LogP) is -0.590. The molecule has 1 unspecified atom stereocenters. The Hall–Kier alpha value is -1.93. The van der Waals surface area contributed by atoms with Gasteiger partial charge >= 0.3 is 5.69 Å². The SMILES string of the molecule is CCCC(=O)NC1C[C@H](n2cc(C)c(=O)[nH]c2=O)O[C@@H]1CO. The van der Waals surface area contributed by atoms with Gasteiger partial charge in [0.25, 0.3) is 5.56 Å². The van der Waals surface area contributed by atoms with E-state index in [9.17, 15) is 19.5 Å². The molecule has 0 bridgehead atoms. The van der Waals surface area contributed by atoms with Gasteiger partial charge in [-0.25, -0.2) is 4.79 Å². The molecule has 1 aromatic heterocycles. The summed E-state index contributed by atoms with van der Waals surface area (Å²) in [6, 6.07) is -0.367. The first kappa shape index (κ1) is 16.4. The summed E-state index contributed by atoms with van der Waals surface area (Å²) in [4.78, 5) is 37.2. The van der Waals surface area contributed by atoms with Crippen molar-refractivity contribution >= 4 is 5.91 Å². The molecule has 1 aliphatic rings. The van der Waals surface area contributed by atoms with Gasteiger partial charge in [0.1, 0.15) is 12.3 Å². The molecule has 0 spiro atoms. The molecule has 3 atom stereocenters. The number of ether oxygens (including phenoxy) is 1. The summed E-state index contributed by atoms with van der Waals surface area (Å²) in [5.74, 6) is -0.111. The van der Waals surface area contributed by atoms with E-state index in [1.165, 1.54) is 10.8 Å². The number of hydrogen-bond donors (Lipinski definition) is 3. The van der Waals surface area contributed by atoms with Crippen LogP contribution in [0, 0.1) is 6.92 Å². The van der Waals surface area contributed by atoms with Gasteiger partial charge in [-0.15, -0.1) is 0 Å². The maximum atomic E-state index is 11.9. The molecule has 2 rings (SSSR count). The van der Waals surface area contributed by atoms with Crippen LogP contribution in [0.15, 0.2) is 15.8 Å². The first-order valence-electron chi connectivity index (χ1n) is 7.34. The third kappa shape index (κ3) is 3.45. The minimum atomic E-state index is -0.632. The zero-order valence-corrected chi connectivity index (χ0v) is 12.7.